The molecule has 3 unspecified atom stereocenters. The number of carbonyl (C=O) groups excluding carboxylic acids is 2. The first kappa shape index (κ1) is 24.2. The number of carbonyl (C=O) groups is 3. The van der Waals surface area contributed by atoms with Crippen molar-refractivity contribution >= 4 is 29.6 Å². The molecule has 1 aromatic rings. The number of hydrogen-bond donors (Lipinski definition) is 2. The van der Waals surface area contributed by atoms with E-state index in [0.29, 0.717) is 31.1 Å². The lowest BCUT2D eigenvalue weighted by atomic mass is 10.0. The van der Waals surface area contributed by atoms with E-state index in [0.717, 1.165) is 5.56 Å². The molecule has 1 heterocycles. The highest BCUT2D eigenvalue weighted by Gasteiger charge is 2.36. The Bertz CT molecular complexity index is 713. The molecule has 166 valence electrons. The van der Waals surface area contributed by atoms with Gasteiger partial charge in [0.1, 0.15) is 12.6 Å². The normalized spacial score (nSPS) is 20.7. The summed E-state index contributed by atoms with van der Waals surface area (Å²) in [7, 11) is 0. The van der Waals surface area contributed by atoms with Crippen LogP contribution in [0, 0.1) is 5.92 Å². The van der Waals surface area contributed by atoms with E-state index in [1.165, 1.54) is 4.90 Å². The van der Waals surface area contributed by atoms with Crippen molar-refractivity contribution in [2.75, 3.05) is 25.4 Å². The average molecular weight is 437 g/mol. The van der Waals surface area contributed by atoms with Gasteiger partial charge in [0.15, 0.2) is 0 Å². The van der Waals surface area contributed by atoms with Crippen LogP contribution in [0.4, 0.5) is 0 Å². The van der Waals surface area contributed by atoms with Crippen LogP contribution in [0.1, 0.15) is 32.8 Å². The summed E-state index contributed by atoms with van der Waals surface area (Å²) >= 11 is 1.65. The zero-order valence-electron chi connectivity index (χ0n) is 17.9. The Kier molecular flexibility index (Phi) is 9.65. The molecule has 1 aromatic carbocycles. The van der Waals surface area contributed by atoms with E-state index in [4.69, 9.17) is 4.74 Å². The van der Waals surface area contributed by atoms with Crippen molar-refractivity contribution < 1.29 is 24.2 Å². The van der Waals surface area contributed by atoms with Gasteiger partial charge in [0.25, 0.3) is 0 Å². The van der Waals surface area contributed by atoms with Crippen molar-refractivity contribution in [3.63, 3.8) is 0 Å². The molecule has 0 bridgehead atoms. The number of benzene rings is 1. The molecule has 0 aromatic heterocycles. The van der Waals surface area contributed by atoms with E-state index in [9.17, 15) is 19.5 Å². The lowest BCUT2D eigenvalue weighted by Crippen LogP contribution is -2.54. The largest absolute Gasteiger partial charge is 0.480 e. The summed E-state index contributed by atoms with van der Waals surface area (Å²) in [6.07, 6.45) is 1.16. The van der Waals surface area contributed by atoms with E-state index in [2.05, 4.69) is 19.2 Å². The molecule has 0 aliphatic carbocycles. The zero-order valence-corrected chi connectivity index (χ0v) is 18.7. The van der Waals surface area contributed by atoms with Gasteiger partial charge in [-0.1, -0.05) is 44.2 Å². The fourth-order valence-electron chi connectivity index (χ4n) is 3.41. The third kappa shape index (κ3) is 7.32. The molecular formula is C22H32N2O5S. The van der Waals surface area contributed by atoms with Crippen LogP contribution >= 0.6 is 11.8 Å². The number of ether oxygens (including phenoxy) is 1. The molecule has 30 heavy (non-hydrogen) atoms. The highest BCUT2D eigenvalue weighted by atomic mass is 32.2. The van der Waals surface area contributed by atoms with Crippen molar-refractivity contribution in [3.05, 3.63) is 35.9 Å². The van der Waals surface area contributed by atoms with Crippen LogP contribution in [0.15, 0.2) is 30.3 Å². The van der Waals surface area contributed by atoms with Crippen LogP contribution in [0.5, 0.6) is 0 Å². The van der Waals surface area contributed by atoms with Gasteiger partial charge in [0, 0.05) is 17.5 Å². The predicted molar refractivity (Wildman–Crippen MR) is 117 cm³/mol. The van der Waals surface area contributed by atoms with E-state index in [1.807, 2.05) is 30.3 Å². The standard InChI is InChI=1S/C22H32N2O5S/c1-4-29-22(28)17(11-10-16-8-6-5-7-9-16)23-18-14-30-19(15(2)3)12-24(21(18)27)13-20(25)26/h5-9,15,17-19,23H,4,10-14H2,1-3H3,(H,25,26). The van der Waals surface area contributed by atoms with Gasteiger partial charge in [-0.3, -0.25) is 19.7 Å². The number of nitrogens with zero attached hydrogens (tertiary/aromatic N) is 1. The molecule has 1 fully saturated rings. The molecule has 1 aliphatic heterocycles. The van der Waals surface area contributed by atoms with Gasteiger partial charge in [-0.15, -0.1) is 0 Å². The fraction of sp³-hybridized carbons (Fsp3) is 0.591. The second kappa shape index (κ2) is 12.0. The Morgan fingerprint density at radius 3 is 2.60 bits per heavy atom. The summed E-state index contributed by atoms with van der Waals surface area (Å²) in [6.45, 7) is 6.19. The minimum Gasteiger partial charge on any atom is -0.480 e. The van der Waals surface area contributed by atoms with Gasteiger partial charge in [-0.05, 0) is 31.2 Å². The first-order valence-corrected chi connectivity index (χ1v) is 11.5. The van der Waals surface area contributed by atoms with Crippen LogP contribution in [-0.4, -0.2) is 70.6 Å². The van der Waals surface area contributed by atoms with Gasteiger partial charge in [0.05, 0.1) is 12.6 Å². The van der Waals surface area contributed by atoms with Gasteiger partial charge in [-0.25, -0.2) is 0 Å². The number of aliphatic carboxylic acids is 1. The van der Waals surface area contributed by atoms with E-state index >= 15 is 0 Å². The van der Waals surface area contributed by atoms with Crippen molar-refractivity contribution in [3.8, 4) is 0 Å². The van der Waals surface area contributed by atoms with Crippen molar-refractivity contribution in [1.29, 1.82) is 0 Å². The number of rotatable bonds is 10. The van der Waals surface area contributed by atoms with Crippen molar-refractivity contribution in [2.45, 2.75) is 50.9 Å². The van der Waals surface area contributed by atoms with Crippen LogP contribution in [-0.2, 0) is 25.5 Å². The summed E-state index contributed by atoms with van der Waals surface area (Å²) in [5.74, 6) is -0.916. The fourth-order valence-corrected chi connectivity index (χ4v) is 4.76. The minimum atomic E-state index is -1.04. The Labute approximate surface area is 182 Å². The maximum Gasteiger partial charge on any atom is 0.323 e. The van der Waals surface area contributed by atoms with Crippen molar-refractivity contribution in [1.82, 2.24) is 10.2 Å². The molecule has 7 nitrogen and oxygen atoms in total. The van der Waals surface area contributed by atoms with E-state index in [-0.39, 0.29) is 30.3 Å². The molecule has 3 atom stereocenters. The molecular weight excluding hydrogens is 404 g/mol. The molecule has 8 heteroatoms. The lowest BCUT2D eigenvalue weighted by molar-refractivity contribution is -0.148. The Morgan fingerprint density at radius 1 is 1.30 bits per heavy atom. The second-order valence-electron chi connectivity index (χ2n) is 7.78. The van der Waals surface area contributed by atoms with Crippen molar-refractivity contribution in [2.24, 2.45) is 5.92 Å². The summed E-state index contributed by atoms with van der Waals surface area (Å²) in [6, 6.07) is 8.55. The number of carboxylic acids is 1. The third-order valence-corrected chi connectivity index (χ3v) is 6.74. The monoisotopic (exact) mass is 436 g/mol. The highest BCUT2D eigenvalue weighted by molar-refractivity contribution is 8.00. The van der Waals surface area contributed by atoms with Crippen LogP contribution in [0.2, 0.25) is 0 Å². The summed E-state index contributed by atoms with van der Waals surface area (Å²) < 4.78 is 5.22. The molecule has 2 rings (SSSR count). The second-order valence-corrected chi connectivity index (χ2v) is 9.05. The molecule has 2 N–H and O–H groups in total. The Morgan fingerprint density at radius 2 is 2.00 bits per heavy atom. The zero-order chi connectivity index (χ0) is 22.1. The smallest absolute Gasteiger partial charge is 0.323 e. The summed E-state index contributed by atoms with van der Waals surface area (Å²) in [4.78, 5) is 38.3. The Balaban J connectivity index is 2.14. The molecule has 0 saturated carbocycles. The number of carboxylic acid groups (broad SMARTS) is 1. The highest BCUT2D eigenvalue weighted by Crippen LogP contribution is 2.26. The summed E-state index contributed by atoms with van der Waals surface area (Å²) in [5, 5.41) is 12.6. The maximum absolute atomic E-state index is 13.1. The molecule has 1 aliphatic rings. The number of aryl methyl sites for hydroxylation is 1. The van der Waals surface area contributed by atoms with Crippen LogP contribution in [0.3, 0.4) is 0 Å². The predicted octanol–water partition coefficient (Wildman–Crippen LogP) is 2.19. The number of thioether (sulfide) groups is 1. The first-order chi connectivity index (χ1) is 14.3. The topological polar surface area (TPSA) is 95.9 Å². The number of esters is 1. The first-order valence-electron chi connectivity index (χ1n) is 10.4. The molecule has 0 spiro atoms. The molecule has 1 saturated heterocycles. The van der Waals surface area contributed by atoms with Gasteiger partial charge >= 0.3 is 11.9 Å². The van der Waals surface area contributed by atoms with Gasteiger partial charge < -0.3 is 14.7 Å². The van der Waals surface area contributed by atoms with E-state index < -0.39 is 18.1 Å². The van der Waals surface area contributed by atoms with Gasteiger partial charge in [0.2, 0.25) is 5.91 Å². The Hall–Kier alpha value is -2.06. The third-order valence-electron chi connectivity index (χ3n) is 5.09. The van der Waals surface area contributed by atoms with Gasteiger partial charge in [-0.2, -0.15) is 11.8 Å². The molecule has 0 radical (unpaired) electrons. The maximum atomic E-state index is 13.1. The average Bonchev–Trinajstić information content (AvgIpc) is 2.85. The molecule has 1 amide bonds. The summed E-state index contributed by atoms with van der Waals surface area (Å²) in [5.41, 5.74) is 1.10. The minimum absolute atomic E-state index is 0.144. The number of hydrogen-bond acceptors (Lipinski definition) is 6. The number of nitrogens with one attached hydrogen (secondary N) is 1. The van der Waals surface area contributed by atoms with Crippen LogP contribution < -0.4 is 5.32 Å². The number of amides is 1. The quantitative estimate of drug-likeness (QED) is 0.543. The van der Waals surface area contributed by atoms with Crippen LogP contribution in [0.25, 0.3) is 0 Å². The SMILES string of the molecule is CCOC(=O)C(CCc1ccccc1)NC1CSC(C(C)C)CN(CC(=O)O)C1=O. The lowest BCUT2D eigenvalue weighted by Gasteiger charge is -2.27. The van der Waals surface area contributed by atoms with E-state index in [1.54, 1.807) is 18.7 Å².